The van der Waals surface area contributed by atoms with Crippen molar-refractivity contribution in [2.24, 2.45) is 4.99 Å². The third-order valence-corrected chi connectivity index (χ3v) is 6.91. The van der Waals surface area contributed by atoms with Crippen LogP contribution in [0.4, 0.5) is 14.4 Å². The van der Waals surface area contributed by atoms with Gasteiger partial charge in [-0.2, -0.15) is 0 Å². The fourth-order valence-electron chi connectivity index (χ4n) is 4.54. The fraction of sp³-hybridized carbons (Fsp3) is 0.692. The molecule has 0 saturated heterocycles. The van der Waals surface area contributed by atoms with Crippen LogP contribution in [0.2, 0.25) is 0 Å². The fourth-order valence-corrected chi connectivity index (χ4v) is 4.54. The van der Waals surface area contributed by atoms with E-state index in [9.17, 15) is 24.0 Å². The largest absolute Gasteiger partial charge is 0.444 e. The summed E-state index contributed by atoms with van der Waals surface area (Å²) in [7, 11) is 0. The summed E-state index contributed by atoms with van der Waals surface area (Å²) < 4.78 is 21.5. The van der Waals surface area contributed by atoms with E-state index in [1.165, 1.54) is 0 Å². The molecule has 0 heterocycles. The highest BCUT2D eigenvalue weighted by molar-refractivity contribution is 6.03. The molecule has 16 heteroatoms. The van der Waals surface area contributed by atoms with Crippen LogP contribution < -0.4 is 31.9 Å². The van der Waals surface area contributed by atoms with Gasteiger partial charge < -0.3 is 40.2 Å². The number of hydrogen-bond acceptors (Lipinski definition) is 11. The molecule has 0 spiro atoms. The maximum atomic E-state index is 13.1. The number of ether oxygens (including phenoxy) is 4. The Labute approximate surface area is 327 Å². The van der Waals surface area contributed by atoms with Gasteiger partial charge >= 0.3 is 18.3 Å². The van der Waals surface area contributed by atoms with E-state index in [0.29, 0.717) is 45.4 Å². The van der Waals surface area contributed by atoms with Gasteiger partial charge in [0.25, 0.3) is 11.8 Å². The molecule has 0 radical (unpaired) electrons. The molecule has 0 bridgehead atoms. The first-order chi connectivity index (χ1) is 25.7. The summed E-state index contributed by atoms with van der Waals surface area (Å²) in [5.74, 6) is -1.08. The number of benzene rings is 1. The van der Waals surface area contributed by atoms with Crippen molar-refractivity contribution >= 4 is 36.1 Å². The molecule has 5 amide bonds. The van der Waals surface area contributed by atoms with Crippen molar-refractivity contribution in [3.8, 4) is 0 Å². The van der Waals surface area contributed by atoms with E-state index in [1.54, 1.807) is 41.5 Å². The van der Waals surface area contributed by atoms with Crippen LogP contribution in [0, 0.1) is 0 Å². The SMILES string of the molecule is CC(C)(C)OC(=O)NCCCNCCCCNC(=O)C(OCc1ccccc1)C(=O)NCCCCCCN=C(NC(=O)OC(C)(C)C)NC(=O)OC(C)(C)C. The van der Waals surface area contributed by atoms with Crippen LogP contribution in [-0.2, 0) is 35.1 Å². The van der Waals surface area contributed by atoms with E-state index in [-0.39, 0.29) is 12.6 Å². The number of amides is 5. The maximum absolute atomic E-state index is 13.1. The molecule has 55 heavy (non-hydrogen) atoms. The number of aliphatic imine (C=N–C) groups is 1. The summed E-state index contributed by atoms with van der Waals surface area (Å²) in [5.41, 5.74) is -1.16. The number of carbonyl (C=O) groups is 5. The minimum Gasteiger partial charge on any atom is -0.444 e. The lowest BCUT2D eigenvalue weighted by Crippen LogP contribution is -2.47. The van der Waals surface area contributed by atoms with Crippen LogP contribution in [0.3, 0.4) is 0 Å². The highest BCUT2D eigenvalue weighted by Gasteiger charge is 2.27. The van der Waals surface area contributed by atoms with Crippen molar-refractivity contribution in [3.05, 3.63) is 35.9 Å². The van der Waals surface area contributed by atoms with E-state index in [1.807, 2.05) is 51.1 Å². The second-order valence-corrected chi connectivity index (χ2v) is 15.9. The average Bonchev–Trinajstić information content (AvgIpc) is 3.04. The van der Waals surface area contributed by atoms with Gasteiger partial charge in [0.15, 0.2) is 0 Å². The van der Waals surface area contributed by atoms with Crippen molar-refractivity contribution in [1.29, 1.82) is 0 Å². The average molecular weight is 778 g/mol. The summed E-state index contributed by atoms with van der Waals surface area (Å²) >= 11 is 0. The maximum Gasteiger partial charge on any atom is 0.414 e. The topological polar surface area (TPSA) is 207 Å². The molecule has 1 aromatic rings. The Hall–Kier alpha value is -4.44. The first kappa shape index (κ1) is 48.6. The van der Waals surface area contributed by atoms with Gasteiger partial charge in [0.2, 0.25) is 12.1 Å². The summed E-state index contributed by atoms with van der Waals surface area (Å²) in [6, 6.07) is 9.33. The van der Waals surface area contributed by atoms with Crippen molar-refractivity contribution < 1.29 is 42.9 Å². The number of carbonyl (C=O) groups excluding carboxylic acids is 5. The minimum absolute atomic E-state index is 0.0752. The Morgan fingerprint density at radius 2 is 1.02 bits per heavy atom. The van der Waals surface area contributed by atoms with Crippen LogP contribution in [0.15, 0.2) is 35.3 Å². The molecule has 1 aromatic carbocycles. The molecule has 1 unspecified atom stereocenters. The molecule has 0 aliphatic rings. The second-order valence-electron chi connectivity index (χ2n) is 15.9. The van der Waals surface area contributed by atoms with E-state index >= 15 is 0 Å². The predicted molar refractivity (Wildman–Crippen MR) is 212 cm³/mol. The Balaban J connectivity index is 2.49. The van der Waals surface area contributed by atoms with Gasteiger partial charge in [-0.25, -0.2) is 14.4 Å². The van der Waals surface area contributed by atoms with E-state index in [0.717, 1.165) is 44.3 Å². The Bertz CT molecular complexity index is 1310. The summed E-state index contributed by atoms with van der Waals surface area (Å²) in [6.45, 7) is 18.9. The van der Waals surface area contributed by atoms with Gasteiger partial charge in [0.1, 0.15) is 16.8 Å². The van der Waals surface area contributed by atoms with Crippen LogP contribution in [0.25, 0.3) is 0 Å². The summed E-state index contributed by atoms with van der Waals surface area (Å²) in [4.78, 5) is 66.7. The standard InChI is InChI=1S/C39H67N7O9/c1-37(2,3)53-34(49)44-27-19-23-40-22-17-18-25-42-32(48)30(52-28-29-20-13-12-14-21-29)31(47)41-24-15-10-11-16-26-43-33(45-35(50)54-38(4,5)6)46-36(51)55-39(7,8)9/h12-14,20-21,30,40H,10-11,15-19,22-28H2,1-9H3,(H,41,47)(H,42,48)(H,44,49)(H2,43,45,46,50,51). The number of guanidine groups is 1. The smallest absolute Gasteiger partial charge is 0.414 e. The molecule has 1 atom stereocenters. The minimum atomic E-state index is -1.31. The van der Waals surface area contributed by atoms with Crippen molar-refractivity contribution in [2.75, 3.05) is 39.3 Å². The molecule has 0 aliphatic heterocycles. The normalized spacial score (nSPS) is 12.1. The molecular formula is C39H67N7O9. The van der Waals surface area contributed by atoms with Gasteiger partial charge in [-0.3, -0.25) is 25.2 Å². The highest BCUT2D eigenvalue weighted by Crippen LogP contribution is 2.09. The van der Waals surface area contributed by atoms with Crippen molar-refractivity contribution in [1.82, 2.24) is 31.9 Å². The van der Waals surface area contributed by atoms with Gasteiger partial charge in [0.05, 0.1) is 6.61 Å². The zero-order chi connectivity index (χ0) is 41.3. The first-order valence-electron chi connectivity index (χ1n) is 19.2. The van der Waals surface area contributed by atoms with Crippen LogP contribution in [0.1, 0.15) is 113 Å². The molecule has 1 rings (SSSR count). The van der Waals surface area contributed by atoms with Gasteiger partial charge in [-0.05, 0) is 113 Å². The number of unbranched alkanes of at least 4 members (excludes halogenated alkanes) is 4. The van der Waals surface area contributed by atoms with Crippen molar-refractivity contribution in [3.63, 3.8) is 0 Å². The third-order valence-electron chi connectivity index (χ3n) is 6.91. The van der Waals surface area contributed by atoms with Gasteiger partial charge in [-0.1, -0.05) is 43.2 Å². The predicted octanol–water partition coefficient (Wildman–Crippen LogP) is 5.05. The van der Waals surface area contributed by atoms with Crippen LogP contribution in [0.5, 0.6) is 0 Å². The van der Waals surface area contributed by atoms with E-state index in [4.69, 9.17) is 18.9 Å². The third kappa shape index (κ3) is 27.7. The van der Waals surface area contributed by atoms with Crippen LogP contribution in [-0.4, -0.2) is 98.2 Å². The molecular weight excluding hydrogens is 710 g/mol. The Kier molecular flexibility index (Phi) is 22.6. The molecule has 312 valence electrons. The van der Waals surface area contributed by atoms with Gasteiger partial charge in [-0.15, -0.1) is 0 Å². The molecule has 0 aromatic heterocycles. The number of nitrogens with one attached hydrogen (secondary N) is 6. The first-order valence-corrected chi connectivity index (χ1v) is 19.2. The van der Waals surface area contributed by atoms with Gasteiger partial charge in [0, 0.05) is 26.2 Å². The van der Waals surface area contributed by atoms with Crippen molar-refractivity contribution in [2.45, 2.75) is 137 Å². The molecule has 0 saturated carbocycles. The number of nitrogens with zero attached hydrogens (tertiary/aromatic N) is 1. The Morgan fingerprint density at radius 1 is 0.564 bits per heavy atom. The highest BCUT2D eigenvalue weighted by atomic mass is 16.6. The zero-order valence-electron chi connectivity index (χ0n) is 34.5. The number of hydrogen-bond donors (Lipinski definition) is 6. The van der Waals surface area contributed by atoms with E-state index < -0.39 is 53.0 Å². The number of rotatable bonds is 21. The lowest BCUT2D eigenvalue weighted by molar-refractivity contribution is -0.146. The zero-order valence-corrected chi connectivity index (χ0v) is 34.5. The lowest BCUT2D eigenvalue weighted by atomic mass is 10.2. The Morgan fingerprint density at radius 3 is 1.56 bits per heavy atom. The molecule has 6 N–H and O–H groups in total. The quantitative estimate of drug-likeness (QED) is 0.0322. The summed E-state index contributed by atoms with van der Waals surface area (Å²) in [5, 5.41) is 16.6. The van der Waals surface area contributed by atoms with Crippen LogP contribution >= 0.6 is 0 Å². The molecule has 0 fully saturated rings. The second kappa shape index (κ2) is 25.6. The number of alkyl carbamates (subject to hydrolysis) is 3. The van der Waals surface area contributed by atoms with E-state index in [2.05, 4.69) is 36.9 Å². The monoisotopic (exact) mass is 778 g/mol. The molecule has 16 nitrogen and oxygen atoms in total. The lowest BCUT2D eigenvalue weighted by Gasteiger charge is -2.22. The molecule has 0 aliphatic carbocycles. The summed E-state index contributed by atoms with van der Waals surface area (Å²) in [6.07, 6.45) is 1.86.